The maximum atomic E-state index is 5.50. The summed E-state index contributed by atoms with van der Waals surface area (Å²) in [5, 5.41) is 4.17. The van der Waals surface area contributed by atoms with Crippen LogP contribution in [0.25, 0.3) is 11.3 Å². The van der Waals surface area contributed by atoms with Gasteiger partial charge in [0.1, 0.15) is 5.69 Å². The van der Waals surface area contributed by atoms with Gasteiger partial charge in [-0.1, -0.05) is 41.6 Å². The number of nitrogens with zero attached hydrogens (tertiary/aromatic N) is 3. The monoisotopic (exact) mass is 323 g/mol. The van der Waals surface area contributed by atoms with Gasteiger partial charge < -0.3 is 9.26 Å². The van der Waals surface area contributed by atoms with E-state index in [1.165, 1.54) is 0 Å². The number of aromatic nitrogens is 2. The van der Waals surface area contributed by atoms with Crippen molar-refractivity contribution in [2.75, 3.05) is 20.8 Å². The van der Waals surface area contributed by atoms with Gasteiger partial charge in [-0.2, -0.15) is 0 Å². The molecule has 0 aliphatic heterocycles. The molecule has 0 aliphatic carbocycles. The van der Waals surface area contributed by atoms with Crippen LogP contribution in [0.15, 0.2) is 65.3 Å². The molecule has 0 saturated carbocycles. The molecule has 0 aliphatic rings. The summed E-state index contributed by atoms with van der Waals surface area (Å²) in [6.45, 7) is 1.19. The second-order valence-corrected chi connectivity index (χ2v) is 5.69. The topological polar surface area (TPSA) is 51.4 Å². The standard InChI is InChI=1S/C19H21N3O2/c1-22(19(14-23-2)17-10-6-7-11-20-17)13-16-12-18(21-24-16)15-8-4-3-5-9-15/h3-12,19H,13-14H2,1-2H3. The number of methoxy groups -OCH3 is 1. The molecule has 0 saturated heterocycles. The molecule has 1 aromatic carbocycles. The first-order valence-corrected chi connectivity index (χ1v) is 7.89. The quantitative estimate of drug-likeness (QED) is 0.665. The van der Waals surface area contributed by atoms with Crippen LogP contribution in [-0.2, 0) is 11.3 Å². The van der Waals surface area contributed by atoms with Crippen LogP contribution in [0.4, 0.5) is 0 Å². The van der Waals surface area contributed by atoms with Gasteiger partial charge in [0.2, 0.25) is 0 Å². The molecule has 0 radical (unpaired) electrons. The van der Waals surface area contributed by atoms with Gasteiger partial charge >= 0.3 is 0 Å². The smallest absolute Gasteiger partial charge is 0.151 e. The van der Waals surface area contributed by atoms with Gasteiger partial charge in [0, 0.05) is 24.9 Å². The normalized spacial score (nSPS) is 12.5. The molecule has 0 fully saturated rings. The van der Waals surface area contributed by atoms with Crippen molar-refractivity contribution in [3.63, 3.8) is 0 Å². The second-order valence-electron chi connectivity index (χ2n) is 5.69. The molecule has 0 amide bonds. The third-order valence-electron chi connectivity index (χ3n) is 3.92. The minimum Gasteiger partial charge on any atom is -0.383 e. The molecular formula is C19H21N3O2. The summed E-state index contributed by atoms with van der Waals surface area (Å²) in [6.07, 6.45) is 1.80. The predicted octanol–water partition coefficient (Wildman–Crippen LogP) is 3.56. The summed E-state index contributed by atoms with van der Waals surface area (Å²) in [5.41, 5.74) is 2.87. The Morgan fingerprint density at radius 1 is 1.12 bits per heavy atom. The average Bonchev–Trinajstić information content (AvgIpc) is 3.09. The highest BCUT2D eigenvalue weighted by atomic mass is 16.5. The van der Waals surface area contributed by atoms with Gasteiger partial charge in [0.05, 0.1) is 24.9 Å². The van der Waals surface area contributed by atoms with E-state index >= 15 is 0 Å². The minimum absolute atomic E-state index is 0.0569. The summed E-state index contributed by atoms with van der Waals surface area (Å²) >= 11 is 0. The zero-order valence-corrected chi connectivity index (χ0v) is 13.9. The fourth-order valence-corrected chi connectivity index (χ4v) is 2.66. The van der Waals surface area contributed by atoms with Crippen molar-refractivity contribution in [1.82, 2.24) is 15.0 Å². The van der Waals surface area contributed by atoms with Crippen LogP contribution >= 0.6 is 0 Å². The molecule has 5 heteroatoms. The number of rotatable bonds is 7. The molecule has 24 heavy (non-hydrogen) atoms. The van der Waals surface area contributed by atoms with Crippen LogP contribution in [0, 0.1) is 0 Å². The van der Waals surface area contributed by atoms with Crippen LogP contribution in [0.2, 0.25) is 0 Å². The van der Waals surface area contributed by atoms with Crippen molar-refractivity contribution in [2.45, 2.75) is 12.6 Å². The summed E-state index contributed by atoms with van der Waals surface area (Å²) in [6, 6.07) is 18.0. The molecular weight excluding hydrogens is 302 g/mol. The summed E-state index contributed by atoms with van der Waals surface area (Å²) in [4.78, 5) is 6.60. The molecule has 3 aromatic rings. The third kappa shape index (κ3) is 3.88. The van der Waals surface area contributed by atoms with E-state index in [-0.39, 0.29) is 6.04 Å². The Morgan fingerprint density at radius 2 is 1.92 bits per heavy atom. The fraction of sp³-hybridized carbons (Fsp3) is 0.263. The fourth-order valence-electron chi connectivity index (χ4n) is 2.66. The van der Waals surface area contributed by atoms with Crippen molar-refractivity contribution in [1.29, 1.82) is 0 Å². The highest BCUT2D eigenvalue weighted by Gasteiger charge is 2.20. The van der Waals surface area contributed by atoms with Crippen molar-refractivity contribution >= 4 is 0 Å². The maximum absolute atomic E-state index is 5.50. The molecule has 3 rings (SSSR count). The van der Waals surface area contributed by atoms with Gasteiger partial charge in [-0.15, -0.1) is 0 Å². The first-order chi connectivity index (χ1) is 11.8. The highest BCUT2D eigenvalue weighted by molar-refractivity contribution is 5.58. The highest BCUT2D eigenvalue weighted by Crippen LogP contribution is 2.23. The first kappa shape index (κ1) is 16.4. The lowest BCUT2D eigenvalue weighted by atomic mass is 10.1. The molecule has 1 unspecified atom stereocenters. The first-order valence-electron chi connectivity index (χ1n) is 7.89. The van der Waals surface area contributed by atoms with Crippen LogP contribution in [0.1, 0.15) is 17.5 Å². The van der Waals surface area contributed by atoms with Gasteiger partial charge in [-0.05, 0) is 19.2 Å². The molecule has 1 atom stereocenters. The number of pyridine rings is 1. The Kier molecular flexibility index (Phi) is 5.36. The molecule has 2 heterocycles. The van der Waals surface area contributed by atoms with Gasteiger partial charge in [-0.3, -0.25) is 9.88 Å². The third-order valence-corrected chi connectivity index (χ3v) is 3.92. The molecule has 0 bridgehead atoms. The zero-order chi connectivity index (χ0) is 16.8. The lowest BCUT2D eigenvalue weighted by Crippen LogP contribution is -2.28. The van der Waals surface area contributed by atoms with E-state index in [1.54, 1.807) is 13.3 Å². The van der Waals surface area contributed by atoms with E-state index < -0.39 is 0 Å². The van der Waals surface area contributed by atoms with Crippen molar-refractivity contribution < 1.29 is 9.26 Å². The van der Waals surface area contributed by atoms with Gasteiger partial charge in [0.15, 0.2) is 5.76 Å². The number of ether oxygens (including phenoxy) is 1. The zero-order valence-electron chi connectivity index (χ0n) is 13.9. The van der Waals surface area contributed by atoms with Crippen LogP contribution in [0.5, 0.6) is 0 Å². The van der Waals surface area contributed by atoms with Crippen LogP contribution in [0.3, 0.4) is 0 Å². The Bertz CT molecular complexity index is 744. The Labute approximate surface area is 141 Å². The van der Waals surface area contributed by atoms with Crippen molar-refractivity contribution in [2.24, 2.45) is 0 Å². The van der Waals surface area contributed by atoms with Crippen LogP contribution < -0.4 is 0 Å². The van der Waals surface area contributed by atoms with E-state index in [0.717, 1.165) is 22.7 Å². The van der Waals surface area contributed by atoms with E-state index in [2.05, 4.69) is 15.0 Å². The largest absolute Gasteiger partial charge is 0.383 e. The Balaban J connectivity index is 1.73. The Morgan fingerprint density at radius 3 is 2.62 bits per heavy atom. The molecule has 5 nitrogen and oxygen atoms in total. The maximum Gasteiger partial charge on any atom is 0.151 e. The van der Waals surface area contributed by atoms with Crippen LogP contribution in [-0.4, -0.2) is 35.8 Å². The minimum atomic E-state index is 0.0569. The average molecular weight is 323 g/mol. The molecule has 2 aromatic heterocycles. The van der Waals surface area contributed by atoms with Gasteiger partial charge in [0.25, 0.3) is 0 Å². The number of hydrogen-bond acceptors (Lipinski definition) is 5. The van der Waals surface area contributed by atoms with E-state index in [9.17, 15) is 0 Å². The summed E-state index contributed by atoms with van der Waals surface area (Å²) in [7, 11) is 3.73. The Hall–Kier alpha value is -2.50. The predicted molar refractivity (Wildman–Crippen MR) is 92.3 cm³/mol. The summed E-state index contributed by atoms with van der Waals surface area (Å²) < 4.78 is 10.9. The van der Waals surface area contributed by atoms with E-state index in [1.807, 2.05) is 61.6 Å². The summed E-state index contributed by atoms with van der Waals surface area (Å²) in [5.74, 6) is 0.813. The lowest BCUT2D eigenvalue weighted by molar-refractivity contribution is 0.0944. The number of benzene rings is 1. The molecule has 0 spiro atoms. The van der Waals surface area contributed by atoms with Crippen molar-refractivity contribution in [3.8, 4) is 11.3 Å². The molecule has 0 N–H and O–H groups in total. The van der Waals surface area contributed by atoms with Crippen molar-refractivity contribution in [3.05, 3.63) is 72.2 Å². The lowest BCUT2D eigenvalue weighted by Gasteiger charge is -2.25. The SMILES string of the molecule is COCC(c1ccccn1)N(C)Cc1cc(-c2ccccc2)no1. The number of likely N-dealkylation sites (N-methyl/N-ethyl adjacent to an activating group) is 1. The van der Waals surface area contributed by atoms with Gasteiger partial charge in [-0.25, -0.2) is 0 Å². The second kappa shape index (κ2) is 7.86. The molecule has 124 valence electrons. The number of hydrogen-bond donors (Lipinski definition) is 0. The van der Waals surface area contributed by atoms with E-state index in [0.29, 0.717) is 13.2 Å². The van der Waals surface area contributed by atoms with E-state index in [4.69, 9.17) is 9.26 Å².